The third kappa shape index (κ3) is 4.32. The van der Waals surface area contributed by atoms with E-state index in [1.807, 2.05) is 0 Å². The fourth-order valence-electron chi connectivity index (χ4n) is 2.50. The number of alkyl halides is 2. The largest absolute Gasteiger partial charge is 0.493 e. The highest BCUT2D eigenvalue weighted by atomic mass is 19.3. The molecular weight excluding hydrogens is 360 g/mol. The Bertz CT molecular complexity index is 1060. The van der Waals surface area contributed by atoms with Crippen molar-refractivity contribution in [2.75, 3.05) is 12.4 Å². The minimum Gasteiger partial charge on any atom is -0.493 e. The summed E-state index contributed by atoms with van der Waals surface area (Å²) >= 11 is 0. The summed E-state index contributed by atoms with van der Waals surface area (Å²) in [6, 6.07) is 9.43. The fraction of sp³-hybridized carbons (Fsp3) is 0.111. The predicted octanol–water partition coefficient (Wildman–Crippen LogP) is 3.12. The van der Waals surface area contributed by atoms with Gasteiger partial charge < -0.3 is 24.8 Å². The summed E-state index contributed by atoms with van der Waals surface area (Å²) in [5.74, 6) is -0.525. The molecule has 0 bridgehead atoms. The van der Waals surface area contributed by atoms with E-state index in [1.165, 1.54) is 31.4 Å². The molecule has 27 heavy (non-hydrogen) atoms. The summed E-state index contributed by atoms with van der Waals surface area (Å²) in [6.45, 7) is -3.03. The maximum Gasteiger partial charge on any atom is 0.387 e. The molecule has 3 aromatic rings. The van der Waals surface area contributed by atoms with Gasteiger partial charge in [0.2, 0.25) is 5.91 Å². The fourth-order valence-corrected chi connectivity index (χ4v) is 2.50. The number of aromatic nitrogens is 2. The van der Waals surface area contributed by atoms with Gasteiger partial charge in [-0.1, -0.05) is 12.1 Å². The van der Waals surface area contributed by atoms with Gasteiger partial charge in [0.25, 0.3) is 0 Å². The molecule has 3 rings (SSSR count). The minimum absolute atomic E-state index is 0.125. The maximum atomic E-state index is 12.6. The van der Waals surface area contributed by atoms with Crippen molar-refractivity contribution in [2.24, 2.45) is 0 Å². The Morgan fingerprint density at radius 2 is 1.96 bits per heavy atom. The minimum atomic E-state index is -3.03. The van der Waals surface area contributed by atoms with Gasteiger partial charge >= 0.3 is 12.3 Å². The maximum absolute atomic E-state index is 12.6. The van der Waals surface area contributed by atoms with Gasteiger partial charge in [-0.25, -0.2) is 4.79 Å². The molecule has 0 aliphatic heterocycles. The topological polar surface area (TPSA) is 96.2 Å². The van der Waals surface area contributed by atoms with Crippen molar-refractivity contribution in [2.45, 2.75) is 6.61 Å². The summed E-state index contributed by atoms with van der Waals surface area (Å²) in [7, 11) is 1.33. The third-order valence-corrected chi connectivity index (χ3v) is 3.63. The number of amides is 1. The lowest BCUT2D eigenvalue weighted by atomic mass is 10.1. The predicted molar refractivity (Wildman–Crippen MR) is 96.2 cm³/mol. The molecule has 0 saturated carbocycles. The van der Waals surface area contributed by atoms with E-state index in [9.17, 15) is 18.4 Å². The van der Waals surface area contributed by atoms with Crippen LogP contribution in [-0.4, -0.2) is 29.6 Å². The van der Waals surface area contributed by atoms with Crippen LogP contribution in [0.4, 0.5) is 14.5 Å². The molecule has 140 valence electrons. The number of carbonyl (C=O) groups excluding carboxylic acids is 1. The summed E-state index contributed by atoms with van der Waals surface area (Å²) in [5.41, 5.74) is 1.52. The number of carbonyl (C=O) groups is 1. The average molecular weight is 375 g/mol. The lowest BCUT2D eigenvalue weighted by Crippen LogP contribution is -2.08. The van der Waals surface area contributed by atoms with Crippen LogP contribution in [0.3, 0.4) is 0 Å². The number of benzene rings is 2. The van der Waals surface area contributed by atoms with Crippen LogP contribution in [0, 0.1) is 0 Å². The highest BCUT2D eigenvalue weighted by Crippen LogP contribution is 2.33. The molecule has 7 nitrogen and oxygen atoms in total. The normalized spacial score (nSPS) is 11.3. The van der Waals surface area contributed by atoms with Gasteiger partial charge in [-0.2, -0.15) is 8.78 Å². The Hall–Kier alpha value is -3.62. The van der Waals surface area contributed by atoms with Gasteiger partial charge in [0.15, 0.2) is 11.5 Å². The van der Waals surface area contributed by atoms with E-state index in [-0.39, 0.29) is 22.8 Å². The van der Waals surface area contributed by atoms with Crippen LogP contribution in [0.2, 0.25) is 0 Å². The number of nitrogens with one attached hydrogen (secondary N) is 3. The first-order valence-electron chi connectivity index (χ1n) is 7.79. The lowest BCUT2D eigenvalue weighted by molar-refractivity contribution is -0.111. The molecule has 0 saturated heterocycles. The zero-order valence-corrected chi connectivity index (χ0v) is 14.1. The van der Waals surface area contributed by atoms with Crippen LogP contribution >= 0.6 is 0 Å². The zero-order valence-electron chi connectivity index (χ0n) is 14.1. The number of hydrogen-bond donors (Lipinski definition) is 3. The molecule has 0 radical (unpaired) electrons. The highest BCUT2D eigenvalue weighted by Gasteiger charge is 2.14. The van der Waals surface area contributed by atoms with Crippen molar-refractivity contribution < 1.29 is 23.0 Å². The van der Waals surface area contributed by atoms with Crippen LogP contribution in [0.15, 0.2) is 47.3 Å². The van der Waals surface area contributed by atoms with E-state index in [1.54, 1.807) is 24.3 Å². The molecule has 0 aliphatic rings. The van der Waals surface area contributed by atoms with E-state index >= 15 is 0 Å². The first-order valence-corrected chi connectivity index (χ1v) is 7.79. The first kappa shape index (κ1) is 18.2. The van der Waals surface area contributed by atoms with Crippen LogP contribution in [0.1, 0.15) is 5.56 Å². The van der Waals surface area contributed by atoms with Crippen LogP contribution in [-0.2, 0) is 4.79 Å². The van der Waals surface area contributed by atoms with Crippen LogP contribution < -0.4 is 20.5 Å². The first-order chi connectivity index (χ1) is 13.0. The van der Waals surface area contributed by atoms with E-state index in [4.69, 9.17) is 4.74 Å². The summed E-state index contributed by atoms with van der Waals surface area (Å²) in [6.07, 6.45) is 2.52. The van der Waals surface area contributed by atoms with Gasteiger partial charge in [-0.05, 0) is 30.3 Å². The molecule has 0 unspecified atom stereocenters. The van der Waals surface area contributed by atoms with Gasteiger partial charge in [-0.3, -0.25) is 4.79 Å². The third-order valence-electron chi connectivity index (χ3n) is 3.63. The molecule has 1 heterocycles. The molecule has 1 aromatic heterocycles. The average Bonchev–Trinajstić information content (AvgIpc) is 2.99. The Morgan fingerprint density at radius 3 is 2.70 bits per heavy atom. The van der Waals surface area contributed by atoms with Crippen LogP contribution in [0.5, 0.6) is 11.5 Å². The SMILES string of the molecule is COc1cccc(C=CC(=O)Nc2ccc3[nH]c(=O)[nH]c3c2)c1OC(F)F. The molecule has 1 amide bonds. The molecule has 0 aliphatic carbocycles. The summed E-state index contributed by atoms with van der Waals surface area (Å²) in [4.78, 5) is 28.6. The molecule has 9 heteroatoms. The Kier molecular flexibility index (Phi) is 5.20. The molecule has 0 spiro atoms. The number of fused-ring (bicyclic) bond motifs is 1. The monoisotopic (exact) mass is 375 g/mol. The van der Waals surface area contributed by atoms with E-state index in [0.29, 0.717) is 16.7 Å². The number of methoxy groups -OCH3 is 1. The highest BCUT2D eigenvalue weighted by molar-refractivity contribution is 6.03. The quantitative estimate of drug-likeness (QED) is 0.577. The molecule has 0 fully saturated rings. The van der Waals surface area contributed by atoms with Gasteiger partial charge in [-0.15, -0.1) is 0 Å². The molecule has 0 atom stereocenters. The van der Waals surface area contributed by atoms with Crippen molar-refractivity contribution in [3.05, 3.63) is 58.5 Å². The smallest absolute Gasteiger partial charge is 0.387 e. The van der Waals surface area contributed by atoms with Gasteiger partial charge in [0.05, 0.1) is 18.1 Å². The number of H-pyrrole nitrogens is 2. The van der Waals surface area contributed by atoms with Gasteiger partial charge in [0.1, 0.15) is 0 Å². The summed E-state index contributed by atoms with van der Waals surface area (Å²) in [5, 5.41) is 2.62. The number of ether oxygens (including phenoxy) is 2. The number of halogens is 2. The Balaban J connectivity index is 1.78. The van der Waals surface area contributed by atoms with E-state index < -0.39 is 12.5 Å². The number of para-hydroxylation sites is 1. The Labute approximate surface area is 151 Å². The van der Waals surface area contributed by atoms with Crippen molar-refractivity contribution >= 4 is 28.7 Å². The molecule has 2 aromatic carbocycles. The second-order valence-corrected chi connectivity index (χ2v) is 5.42. The standard InChI is InChI=1S/C18H15F2N3O4/c1-26-14-4-2-3-10(16(14)27-17(19)20)5-8-15(24)21-11-6-7-12-13(9-11)23-18(25)22-12/h2-9,17H,1H3,(H,21,24)(H2,22,23,25). The Morgan fingerprint density at radius 1 is 1.19 bits per heavy atom. The van der Waals surface area contributed by atoms with Crippen molar-refractivity contribution in [1.82, 2.24) is 9.97 Å². The van der Waals surface area contributed by atoms with Crippen molar-refractivity contribution in [3.63, 3.8) is 0 Å². The van der Waals surface area contributed by atoms with E-state index in [2.05, 4.69) is 20.0 Å². The lowest BCUT2D eigenvalue weighted by Gasteiger charge is -2.12. The molecular formula is C18H15F2N3O4. The number of hydrogen-bond acceptors (Lipinski definition) is 4. The number of rotatable bonds is 6. The molecule has 3 N–H and O–H groups in total. The zero-order chi connectivity index (χ0) is 19.4. The number of anilines is 1. The summed E-state index contributed by atoms with van der Waals surface area (Å²) < 4.78 is 34.7. The second kappa shape index (κ2) is 7.73. The number of imidazole rings is 1. The van der Waals surface area contributed by atoms with Crippen LogP contribution in [0.25, 0.3) is 17.1 Å². The van der Waals surface area contributed by atoms with Gasteiger partial charge in [0, 0.05) is 17.3 Å². The van der Waals surface area contributed by atoms with E-state index in [0.717, 1.165) is 0 Å². The number of aromatic amines is 2. The second-order valence-electron chi connectivity index (χ2n) is 5.42. The van der Waals surface area contributed by atoms with Crippen molar-refractivity contribution in [1.29, 1.82) is 0 Å². The van der Waals surface area contributed by atoms with Crippen molar-refractivity contribution in [3.8, 4) is 11.5 Å².